The summed E-state index contributed by atoms with van der Waals surface area (Å²) in [6, 6.07) is 60.2. The number of rotatable bonds is 6. The Morgan fingerprint density at radius 3 is 0.740 bits per heavy atom. The first-order valence-electron chi connectivity index (χ1n) is 29.3. The molecule has 6 fully saturated rings. The van der Waals surface area contributed by atoms with Crippen LogP contribution in [-0.2, 0) is 80.3 Å². The molecule has 6 aromatic rings. The van der Waals surface area contributed by atoms with Crippen molar-refractivity contribution < 1.29 is 9.47 Å². The summed E-state index contributed by atoms with van der Waals surface area (Å²) in [6.07, 6.45) is 15.9. The lowest BCUT2D eigenvalue weighted by Gasteiger charge is -2.19. The highest BCUT2D eigenvalue weighted by atomic mass is 32.2. The van der Waals surface area contributed by atoms with Crippen LogP contribution >= 0.6 is 0 Å². The van der Waals surface area contributed by atoms with E-state index < -0.39 is 0 Å². The van der Waals surface area contributed by atoms with Gasteiger partial charge >= 0.3 is 0 Å². The van der Waals surface area contributed by atoms with E-state index in [1.165, 1.54) is 166 Å². The van der Waals surface area contributed by atoms with Gasteiger partial charge in [0.05, 0.1) is 26.4 Å². The van der Waals surface area contributed by atoms with Crippen molar-refractivity contribution in [1.29, 1.82) is 0 Å². The first-order valence-corrected chi connectivity index (χ1v) is 38.7. The van der Waals surface area contributed by atoms with Gasteiger partial charge in [-0.2, -0.15) is 0 Å². The van der Waals surface area contributed by atoms with Gasteiger partial charge in [-0.05, 0) is 168 Å². The zero-order valence-electron chi connectivity index (χ0n) is 47.9. The lowest BCUT2D eigenvalue weighted by atomic mass is 9.87. The smallest absolute Gasteiger partial charge is 0.155 e. The van der Waals surface area contributed by atoms with E-state index in [9.17, 15) is 0 Å². The molecule has 0 saturated carbocycles. The van der Waals surface area contributed by atoms with Gasteiger partial charge in [0.25, 0.3) is 0 Å². The highest BCUT2D eigenvalue weighted by Crippen LogP contribution is 2.28. The van der Waals surface area contributed by atoms with E-state index in [0.29, 0.717) is 65.4 Å². The lowest BCUT2D eigenvalue weighted by Crippen LogP contribution is -2.26. The largest absolute Gasteiger partial charge is 0.372 e. The van der Waals surface area contributed by atoms with Gasteiger partial charge in [-0.3, -0.25) is 0 Å². The molecular weight excluding hydrogens is 1050 g/mol. The molecule has 0 amide bonds. The molecule has 77 heavy (non-hydrogen) atoms. The van der Waals surface area contributed by atoms with Crippen LogP contribution in [0.4, 0.5) is 0 Å². The molecule has 0 radical (unpaired) electrons. The summed E-state index contributed by atoms with van der Waals surface area (Å²) in [6.45, 7) is 14.9. The highest BCUT2D eigenvalue weighted by molar-refractivity contribution is 7.98. The zero-order chi connectivity index (χ0) is 53.8. The van der Waals surface area contributed by atoms with E-state index in [1.807, 2.05) is 0 Å². The van der Waals surface area contributed by atoms with Crippen molar-refractivity contribution >= 4 is 65.4 Å². The fourth-order valence-electron chi connectivity index (χ4n) is 10.1. The van der Waals surface area contributed by atoms with E-state index in [1.54, 1.807) is 19.6 Å². The summed E-state index contributed by atoms with van der Waals surface area (Å²) in [4.78, 5) is 9.34. The zero-order valence-corrected chi connectivity index (χ0v) is 52.8. The summed E-state index contributed by atoms with van der Waals surface area (Å²) in [5.41, 5.74) is 4.47. The number of aryl methyl sites for hydroxylation is 2. The molecular formula is C69H96O2S6+6. The molecule has 0 atom stereocenters. The fourth-order valence-corrected chi connectivity index (χ4v) is 23.0. The fraction of sp³-hybridized carbons (Fsp3) is 0.478. The second kappa shape index (κ2) is 35.3. The minimum atomic E-state index is 0.286. The first kappa shape index (κ1) is 61.9. The average molecular weight is 1150 g/mol. The molecule has 414 valence electrons. The topological polar surface area (TPSA) is 18.5 Å². The maximum atomic E-state index is 5.35. The molecule has 6 heterocycles. The van der Waals surface area contributed by atoms with Crippen molar-refractivity contribution in [2.24, 2.45) is 0 Å². The molecule has 12 rings (SSSR count). The van der Waals surface area contributed by atoms with Crippen LogP contribution < -0.4 is 0 Å². The van der Waals surface area contributed by atoms with Crippen LogP contribution in [0.2, 0.25) is 0 Å². The molecule has 8 heteroatoms. The Morgan fingerprint density at radius 2 is 0.481 bits per heavy atom. The van der Waals surface area contributed by atoms with Crippen LogP contribution in [0.3, 0.4) is 0 Å². The molecule has 0 aromatic heterocycles. The summed E-state index contributed by atoms with van der Waals surface area (Å²) in [7, 11) is 3.27. The average Bonchev–Trinajstić information content (AvgIpc) is 4.06. The van der Waals surface area contributed by atoms with Crippen LogP contribution in [0.15, 0.2) is 193 Å². The van der Waals surface area contributed by atoms with Crippen molar-refractivity contribution in [3.63, 3.8) is 0 Å². The van der Waals surface area contributed by atoms with Crippen molar-refractivity contribution in [3.8, 4) is 0 Å². The van der Waals surface area contributed by atoms with Crippen molar-refractivity contribution in [2.45, 2.75) is 140 Å². The number of benzene rings is 6. The number of ether oxygens (including phenoxy) is 2. The third kappa shape index (κ3) is 22.7. The third-order valence-electron chi connectivity index (χ3n) is 14.8. The van der Waals surface area contributed by atoms with Gasteiger partial charge in [-0.25, -0.2) is 0 Å². The Morgan fingerprint density at radius 1 is 0.260 bits per heavy atom. The normalized spacial score (nSPS) is 19.0. The standard InChI is InChI=1S/C15H23S.C12H17S.C11H15OS.C11H15S.C10H13OS.C10H13S/c1-15(2,3)13-7-9-14(10-8-13)16-11-5-4-6-12-16;1-11-5-7-12(8-6-11)13-9-3-2-4-10-13;1-10-2-4-11(5-3-10)13-8-6-12-7-9-13;1-3-7-11(8-4-1)12-9-5-2-6-10-12;1-2-4-10(5-3-1)12-8-6-11-7-9-12;1-2-6-10(7-3-1)11-8-4-5-9-11/h7-10H,4-6,11-12H2,1-3H3;5-8H,2-4,9-10H2,1H3;2-5H,6-9H2,1H3;1,3-4,7-8H,2,5-6,9-10H2;1-5H,6-9H2;1-3,6-7H,4-5,8-9H2/q6*+1. The second-order valence-corrected chi connectivity index (χ2v) is 35.5. The van der Waals surface area contributed by atoms with Crippen LogP contribution in [-0.4, -0.2) is 95.5 Å². The van der Waals surface area contributed by atoms with Gasteiger partial charge in [0, 0.05) is 65.4 Å². The van der Waals surface area contributed by atoms with E-state index in [4.69, 9.17) is 9.47 Å². The SMILES string of the molecule is CC(C)(C)c1ccc([S+]2CCCCC2)cc1.Cc1ccc([S+]2CCCCC2)cc1.Cc1ccc([S+]2CCOCC2)cc1.c1ccc([S+]2CCCC2)cc1.c1ccc([S+]2CCCCC2)cc1.c1ccc([S+]2CCOCC2)cc1. The molecule has 2 nitrogen and oxygen atoms in total. The summed E-state index contributed by atoms with van der Waals surface area (Å²) in [5.74, 6) is 16.3. The quantitative estimate of drug-likeness (QED) is 0.155. The molecule has 6 aliphatic rings. The van der Waals surface area contributed by atoms with Crippen molar-refractivity contribution in [3.05, 3.63) is 180 Å². The van der Waals surface area contributed by atoms with E-state index >= 15 is 0 Å². The monoisotopic (exact) mass is 1150 g/mol. The number of hydrogen-bond donors (Lipinski definition) is 0. The molecule has 6 aromatic carbocycles. The van der Waals surface area contributed by atoms with Gasteiger partial charge in [-0.15, -0.1) is 0 Å². The summed E-state index contributed by atoms with van der Waals surface area (Å²) >= 11 is 0. The number of hydrogen-bond acceptors (Lipinski definition) is 2. The molecule has 0 N–H and O–H groups in total. The minimum Gasteiger partial charge on any atom is -0.372 e. The molecule has 0 aliphatic carbocycles. The Balaban J connectivity index is 0.000000135. The highest BCUT2D eigenvalue weighted by Gasteiger charge is 2.29. The van der Waals surface area contributed by atoms with Crippen LogP contribution in [0, 0.1) is 13.8 Å². The predicted octanol–water partition coefficient (Wildman–Crippen LogP) is 16.3. The summed E-state index contributed by atoms with van der Waals surface area (Å²) in [5, 5.41) is 0. The van der Waals surface area contributed by atoms with Crippen molar-refractivity contribution in [1.82, 2.24) is 0 Å². The van der Waals surface area contributed by atoms with Crippen LogP contribution in [0.5, 0.6) is 0 Å². The van der Waals surface area contributed by atoms with Gasteiger partial charge in [0.1, 0.15) is 69.0 Å². The second-order valence-electron chi connectivity index (χ2n) is 21.9. The summed E-state index contributed by atoms with van der Waals surface area (Å²) < 4.78 is 10.7. The van der Waals surface area contributed by atoms with E-state index in [0.717, 1.165) is 26.4 Å². The molecule has 0 spiro atoms. The lowest BCUT2D eigenvalue weighted by molar-refractivity contribution is 0.159. The molecule has 6 saturated heterocycles. The van der Waals surface area contributed by atoms with Crippen LogP contribution in [0.25, 0.3) is 0 Å². The first-order chi connectivity index (χ1) is 37.7. The van der Waals surface area contributed by atoms with Gasteiger partial charge in [-0.1, -0.05) is 123 Å². The Kier molecular flexibility index (Phi) is 28.4. The predicted molar refractivity (Wildman–Crippen MR) is 351 cm³/mol. The Hall–Kier alpha value is -2.66. The molecule has 6 aliphatic heterocycles. The molecule has 0 bridgehead atoms. The van der Waals surface area contributed by atoms with Gasteiger partial charge in [0.15, 0.2) is 29.4 Å². The third-order valence-corrected chi connectivity index (χ3v) is 29.3. The Labute approximate surface area is 487 Å². The van der Waals surface area contributed by atoms with Crippen molar-refractivity contribution in [2.75, 3.05) is 95.5 Å². The maximum absolute atomic E-state index is 5.35. The van der Waals surface area contributed by atoms with E-state index in [2.05, 4.69) is 198 Å². The van der Waals surface area contributed by atoms with Gasteiger partial charge in [0.2, 0.25) is 0 Å². The minimum absolute atomic E-state index is 0.286. The maximum Gasteiger partial charge on any atom is 0.155 e. The molecule has 0 unspecified atom stereocenters. The van der Waals surface area contributed by atoms with Crippen LogP contribution in [0.1, 0.15) is 108 Å². The van der Waals surface area contributed by atoms with E-state index in [-0.39, 0.29) is 5.41 Å². The van der Waals surface area contributed by atoms with Gasteiger partial charge < -0.3 is 9.47 Å². The Bertz CT molecular complexity index is 2300.